The summed E-state index contributed by atoms with van der Waals surface area (Å²) in [6.07, 6.45) is 1.48. The maximum atomic E-state index is 12.5. The highest BCUT2D eigenvalue weighted by Gasteiger charge is 2.18. The smallest absolute Gasteiger partial charge is 0.255 e. The second kappa shape index (κ2) is 6.93. The quantitative estimate of drug-likeness (QED) is 0.880. The Hall–Kier alpha value is -2.18. The molecule has 0 spiro atoms. The number of aromatic nitrogens is 1. The second-order valence-corrected chi connectivity index (χ2v) is 5.99. The maximum absolute atomic E-state index is 12.5. The van der Waals surface area contributed by atoms with Gasteiger partial charge in [-0.25, -0.2) is 0 Å². The molecule has 1 aliphatic heterocycles. The zero-order valence-electron chi connectivity index (χ0n) is 13.2. The van der Waals surface area contributed by atoms with Gasteiger partial charge in [0.2, 0.25) is 0 Å². The Labute approximate surface area is 134 Å². The number of amides is 1. The Morgan fingerprint density at radius 1 is 1.39 bits per heavy atom. The van der Waals surface area contributed by atoms with Crippen molar-refractivity contribution >= 4 is 16.7 Å². The third-order valence-electron chi connectivity index (χ3n) is 4.15. The Kier molecular flexibility index (Phi) is 4.73. The molecule has 1 fully saturated rings. The van der Waals surface area contributed by atoms with E-state index in [2.05, 4.69) is 22.2 Å². The maximum Gasteiger partial charge on any atom is 0.255 e. The molecule has 1 atom stereocenters. The summed E-state index contributed by atoms with van der Waals surface area (Å²) in [5.41, 5.74) is 0.305. The minimum Gasteiger partial charge on any atom is -0.380 e. The second-order valence-electron chi connectivity index (χ2n) is 5.99. The number of fused-ring (bicyclic) bond motifs is 1. The minimum absolute atomic E-state index is 0.177. The van der Waals surface area contributed by atoms with Gasteiger partial charge in [0.1, 0.15) is 0 Å². The summed E-state index contributed by atoms with van der Waals surface area (Å²) in [5, 5.41) is 4.16. The number of likely N-dealkylation sites (N-methyl/N-ethyl adjacent to an activating group) is 1. The molecule has 122 valence electrons. The van der Waals surface area contributed by atoms with Gasteiger partial charge in [-0.2, -0.15) is 0 Å². The lowest BCUT2D eigenvalue weighted by Crippen LogP contribution is -2.36. The molecule has 2 N–H and O–H groups in total. The van der Waals surface area contributed by atoms with E-state index in [1.165, 1.54) is 6.20 Å². The van der Waals surface area contributed by atoms with E-state index in [-0.39, 0.29) is 17.4 Å². The van der Waals surface area contributed by atoms with E-state index < -0.39 is 0 Å². The molecule has 23 heavy (non-hydrogen) atoms. The predicted molar refractivity (Wildman–Crippen MR) is 88.7 cm³/mol. The van der Waals surface area contributed by atoms with Crippen molar-refractivity contribution in [2.45, 2.75) is 0 Å². The van der Waals surface area contributed by atoms with Crippen molar-refractivity contribution in [2.75, 3.05) is 39.9 Å². The van der Waals surface area contributed by atoms with Gasteiger partial charge in [0, 0.05) is 42.5 Å². The number of pyridine rings is 1. The van der Waals surface area contributed by atoms with Gasteiger partial charge >= 0.3 is 0 Å². The molecule has 2 heterocycles. The summed E-state index contributed by atoms with van der Waals surface area (Å²) < 4.78 is 5.56. The predicted octanol–water partition coefficient (Wildman–Crippen LogP) is 0.836. The van der Waals surface area contributed by atoms with E-state index in [0.717, 1.165) is 19.7 Å². The van der Waals surface area contributed by atoms with E-state index in [1.807, 2.05) is 6.07 Å². The van der Waals surface area contributed by atoms with Crippen LogP contribution in [0.2, 0.25) is 0 Å². The van der Waals surface area contributed by atoms with Crippen LogP contribution in [-0.4, -0.2) is 55.7 Å². The molecular formula is C17H21N3O3. The lowest BCUT2D eigenvalue weighted by molar-refractivity contribution is 0.0922. The average Bonchev–Trinajstić information content (AvgIpc) is 2.77. The number of aromatic amines is 1. The fourth-order valence-corrected chi connectivity index (χ4v) is 2.91. The van der Waals surface area contributed by atoms with Crippen LogP contribution in [0.3, 0.4) is 0 Å². The third-order valence-corrected chi connectivity index (χ3v) is 4.15. The molecular weight excluding hydrogens is 294 g/mol. The molecule has 1 aromatic carbocycles. The fraction of sp³-hybridized carbons (Fsp3) is 0.412. The van der Waals surface area contributed by atoms with Gasteiger partial charge in [0.05, 0.1) is 18.8 Å². The van der Waals surface area contributed by atoms with E-state index in [9.17, 15) is 9.59 Å². The van der Waals surface area contributed by atoms with Crippen LogP contribution in [0.5, 0.6) is 0 Å². The molecule has 1 saturated heterocycles. The lowest BCUT2D eigenvalue weighted by Gasteiger charge is -2.19. The van der Waals surface area contributed by atoms with Gasteiger partial charge in [-0.15, -0.1) is 0 Å². The molecule has 6 heteroatoms. The summed E-state index contributed by atoms with van der Waals surface area (Å²) in [7, 11) is 2.05. The summed E-state index contributed by atoms with van der Waals surface area (Å²) in [6, 6.07) is 7.13. The van der Waals surface area contributed by atoms with Gasteiger partial charge in [-0.3, -0.25) is 9.59 Å². The number of nitrogens with zero attached hydrogens (tertiary/aromatic N) is 1. The topological polar surface area (TPSA) is 74.4 Å². The number of ether oxygens (including phenoxy) is 1. The van der Waals surface area contributed by atoms with Gasteiger partial charge in [0.25, 0.3) is 11.5 Å². The molecule has 6 nitrogen and oxygen atoms in total. The van der Waals surface area contributed by atoms with E-state index in [1.54, 1.807) is 18.2 Å². The molecule has 2 aromatic rings. The number of hydrogen-bond donors (Lipinski definition) is 2. The summed E-state index contributed by atoms with van der Waals surface area (Å²) in [6.45, 7) is 3.74. The standard InChI is InChI=1S/C17H21N3O3/c1-20-6-7-23-11-12(10-20)8-18-17(22)15-9-19-16(21)14-5-3-2-4-13(14)15/h2-5,9,12H,6-8,10-11H2,1H3,(H,18,22)(H,19,21)/t12-/m1/s1. The minimum atomic E-state index is -0.184. The van der Waals surface area contributed by atoms with Crippen LogP contribution in [0.1, 0.15) is 10.4 Å². The summed E-state index contributed by atoms with van der Waals surface area (Å²) in [4.78, 5) is 29.2. The van der Waals surface area contributed by atoms with Crippen molar-refractivity contribution in [1.29, 1.82) is 0 Å². The van der Waals surface area contributed by atoms with Crippen molar-refractivity contribution in [3.05, 3.63) is 46.4 Å². The zero-order valence-corrected chi connectivity index (χ0v) is 13.2. The Bertz CT molecular complexity index is 756. The number of hydrogen-bond acceptors (Lipinski definition) is 4. The van der Waals surface area contributed by atoms with Crippen LogP contribution in [0.25, 0.3) is 10.8 Å². The third kappa shape index (κ3) is 3.60. The molecule has 0 aliphatic carbocycles. The number of benzene rings is 1. The Morgan fingerprint density at radius 3 is 3.00 bits per heavy atom. The first kappa shape index (κ1) is 15.7. The van der Waals surface area contributed by atoms with Crippen molar-refractivity contribution in [3.8, 4) is 0 Å². The number of carbonyl (C=O) groups is 1. The SMILES string of the molecule is CN1CCOC[C@H](CNC(=O)c2c[nH]c(=O)c3ccccc23)C1. The molecule has 0 unspecified atom stereocenters. The highest BCUT2D eigenvalue weighted by atomic mass is 16.5. The first-order valence-corrected chi connectivity index (χ1v) is 7.80. The molecule has 0 radical (unpaired) electrons. The van der Waals surface area contributed by atoms with Crippen molar-refractivity contribution < 1.29 is 9.53 Å². The highest BCUT2D eigenvalue weighted by Crippen LogP contribution is 2.14. The van der Waals surface area contributed by atoms with E-state index in [0.29, 0.717) is 29.5 Å². The zero-order chi connectivity index (χ0) is 16.2. The Morgan fingerprint density at radius 2 is 2.17 bits per heavy atom. The molecule has 1 amide bonds. The summed E-state index contributed by atoms with van der Waals surface area (Å²) >= 11 is 0. The van der Waals surface area contributed by atoms with E-state index >= 15 is 0 Å². The Balaban J connectivity index is 1.74. The van der Waals surface area contributed by atoms with Gasteiger partial charge in [-0.1, -0.05) is 18.2 Å². The largest absolute Gasteiger partial charge is 0.380 e. The van der Waals surface area contributed by atoms with Crippen LogP contribution in [0, 0.1) is 5.92 Å². The van der Waals surface area contributed by atoms with Crippen molar-refractivity contribution in [3.63, 3.8) is 0 Å². The van der Waals surface area contributed by atoms with E-state index in [4.69, 9.17) is 4.74 Å². The number of nitrogens with one attached hydrogen (secondary N) is 2. The number of rotatable bonds is 3. The first-order valence-electron chi connectivity index (χ1n) is 7.80. The van der Waals surface area contributed by atoms with Gasteiger partial charge in [-0.05, 0) is 13.1 Å². The monoisotopic (exact) mass is 315 g/mol. The first-order chi connectivity index (χ1) is 11.1. The molecule has 1 aromatic heterocycles. The number of carbonyl (C=O) groups excluding carboxylic acids is 1. The fourth-order valence-electron chi connectivity index (χ4n) is 2.91. The average molecular weight is 315 g/mol. The van der Waals surface area contributed by atoms with Crippen LogP contribution in [0.4, 0.5) is 0 Å². The molecule has 1 aliphatic rings. The van der Waals surface area contributed by atoms with Crippen LogP contribution in [-0.2, 0) is 4.74 Å². The number of H-pyrrole nitrogens is 1. The summed E-state index contributed by atoms with van der Waals surface area (Å²) in [5.74, 6) is 0.0878. The van der Waals surface area contributed by atoms with Gasteiger partial charge in [0.15, 0.2) is 0 Å². The van der Waals surface area contributed by atoms with Crippen molar-refractivity contribution in [2.24, 2.45) is 5.92 Å². The lowest BCUT2D eigenvalue weighted by atomic mass is 10.1. The highest BCUT2D eigenvalue weighted by molar-refractivity contribution is 6.06. The van der Waals surface area contributed by atoms with Crippen LogP contribution in [0.15, 0.2) is 35.3 Å². The molecule has 3 rings (SSSR count). The van der Waals surface area contributed by atoms with Gasteiger partial charge < -0.3 is 19.9 Å². The van der Waals surface area contributed by atoms with Crippen LogP contribution < -0.4 is 10.9 Å². The van der Waals surface area contributed by atoms with Crippen LogP contribution >= 0.6 is 0 Å². The normalized spacial score (nSPS) is 19.4. The molecule has 0 bridgehead atoms. The van der Waals surface area contributed by atoms with Crippen molar-refractivity contribution in [1.82, 2.24) is 15.2 Å². The molecule has 0 saturated carbocycles.